The molecule has 0 radical (unpaired) electrons. The van der Waals surface area contributed by atoms with Crippen molar-refractivity contribution in [3.63, 3.8) is 0 Å². The Balaban J connectivity index is 2.34. The number of amides is 1. The number of aryl methyl sites for hydroxylation is 1. The minimum absolute atomic E-state index is 0.0444. The van der Waals surface area contributed by atoms with E-state index in [0.717, 1.165) is 6.39 Å². The van der Waals surface area contributed by atoms with Crippen LogP contribution in [0.25, 0.3) is 0 Å². The summed E-state index contributed by atoms with van der Waals surface area (Å²) < 4.78 is 32.9. The molecule has 1 aromatic carbocycles. The first-order chi connectivity index (χ1) is 9.82. The van der Waals surface area contributed by atoms with Crippen LogP contribution in [-0.2, 0) is 10.0 Å². The van der Waals surface area contributed by atoms with Crippen molar-refractivity contribution in [1.82, 2.24) is 4.98 Å². The summed E-state index contributed by atoms with van der Waals surface area (Å²) in [5.74, 6) is -0.412. The number of sulfonamides is 1. The molecule has 0 saturated heterocycles. The predicted molar refractivity (Wildman–Crippen MR) is 73.6 cm³/mol. The molecule has 0 atom stereocenters. The first-order valence-electron chi connectivity index (χ1n) is 5.75. The second-order valence-corrected chi connectivity index (χ2v) is 5.66. The normalized spacial score (nSPS) is 11.2. The molecule has 0 aliphatic rings. The number of methoxy groups -OCH3 is 1. The average molecular weight is 311 g/mol. The lowest BCUT2D eigenvalue weighted by molar-refractivity contribution is 0.0996. The van der Waals surface area contributed by atoms with Gasteiger partial charge in [0.25, 0.3) is 5.91 Å². The highest BCUT2D eigenvalue weighted by Gasteiger charge is 2.18. The van der Waals surface area contributed by atoms with Crippen LogP contribution >= 0.6 is 0 Å². The molecule has 0 aliphatic carbocycles. The minimum Gasteiger partial charge on any atom is -0.495 e. The highest BCUT2D eigenvalue weighted by molar-refractivity contribution is 7.89. The van der Waals surface area contributed by atoms with Crippen LogP contribution in [0.15, 0.2) is 33.9 Å². The van der Waals surface area contributed by atoms with Crippen molar-refractivity contribution >= 4 is 21.6 Å². The van der Waals surface area contributed by atoms with Crippen molar-refractivity contribution in [3.8, 4) is 5.75 Å². The van der Waals surface area contributed by atoms with Crippen molar-refractivity contribution in [1.29, 1.82) is 0 Å². The smallest absolute Gasteiger partial charge is 0.293 e. The van der Waals surface area contributed by atoms with Gasteiger partial charge < -0.3 is 14.5 Å². The maximum Gasteiger partial charge on any atom is 0.293 e. The maximum absolute atomic E-state index is 12.0. The van der Waals surface area contributed by atoms with Crippen LogP contribution < -0.4 is 15.2 Å². The van der Waals surface area contributed by atoms with Crippen LogP contribution in [0.1, 0.15) is 16.2 Å². The molecule has 2 rings (SSSR count). The van der Waals surface area contributed by atoms with Gasteiger partial charge in [-0.15, -0.1) is 0 Å². The number of carbonyl (C=O) groups excluding carboxylic acids is 1. The Hall–Kier alpha value is -2.39. The average Bonchev–Trinajstić information content (AvgIpc) is 2.84. The van der Waals surface area contributed by atoms with E-state index in [1.165, 1.54) is 25.3 Å². The lowest BCUT2D eigenvalue weighted by Gasteiger charge is -2.09. The number of rotatable bonds is 4. The Morgan fingerprint density at radius 1 is 1.43 bits per heavy atom. The summed E-state index contributed by atoms with van der Waals surface area (Å²) in [6.07, 6.45) is 1.15. The number of oxazole rings is 1. The van der Waals surface area contributed by atoms with Gasteiger partial charge in [-0.3, -0.25) is 4.79 Å². The second kappa shape index (κ2) is 5.54. The quantitative estimate of drug-likeness (QED) is 0.864. The lowest BCUT2D eigenvalue weighted by Crippen LogP contribution is -2.16. The van der Waals surface area contributed by atoms with E-state index >= 15 is 0 Å². The van der Waals surface area contributed by atoms with Gasteiger partial charge in [0.05, 0.1) is 12.8 Å². The number of nitrogens with one attached hydrogen (secondary N) is 1. The third-order valence-corrected chi connectivity index (χ3v) is 3.61. The van der Waals surface area contributed by atoms with E-state index in [1.54, 1.807) is 6.92 Å². The number of hydrogen-bond acceptors (Lipinski definition) is 6. The number of ether oxygens (including phenoxy) is 1. The molecule has 0 fully saturated rings. The van der Waals surface area contributed by atoms with Gasteiger partial charge in [0.15, 0.2) is 6.39 Å². The summed E-state index contributed by atoms with van der Waals surface area (Å²) in [4.78, 5) is 15.5. The molecule has 112 valence electrons. The molecule has 0 unspecified atom stereocenters. The van der Waals surface area contributed by atoms with Crippen molar-refractivity contribution in [2.45, 2.75) is 11.8 Å². The van der Waals surface area contributed by atoms with Crippen LogP contribution in [0, 0.1) is 6.92 Å². The second-order valence-electron chi connectivity index (χ2n) is 4.13. The van der Waals surface area contributed by atoms with Crippen LogP contribution in [0.3, 0.4) is 0 Å². The van der Waals surface area contributed by atoms with Crippen molar-refractivity contribution in [2.75, 3.05) is 12.4 Å². The van der Waals surface area contributed by atoms with E-state index in [4.69, 9.17) is 14.3 Å². The summed E-state index contributed by atoms with van der Waals surface area (Å²) in [6.45, 7) is 1.61. The molecule has 0 saturated carbocycles. The van der Waals surface area contributed by atoms with Gasteiger partial charge in [-0.1, -0.05) is 0 Å². The summed E-state index contributed by atoms with van der Waals surface area (Å²) >= 11 is 0. The monoisotopic (exact) mass is 311 g/mol. The third kappa shape index (κ3) is 3.20. The topological polar surface area (TPSA) is 125 Å². The number of nitrogens with zero attached hydrogens (tertiary/aromatic N) is 1. The van der Waals surface area contributed by atoms with Crippen molar-refractivity contribution in [2.24, 2.45) is 5.14 Å². The molecule has 3 N–H and O–H groups in total. The SMILES string of the molecule is COc1ccc(NC(=O)c2ocnc2C)cc1S(N)(=O)=O. The Kier molecular flexibility index (Phi) is 3.96. The Labute approximate surface area is 121 Å². The molecule has 9 heteroatoms. The van der Waals surface area contributed by atoms with E-state index in [0.29, 0.717) is 5.69 Å². The lowest BCUT2D eigenvalue weighted by atomic mass is 10.3. The fourth-order valence-electron chi connectivity index (χ4n) is 1.68. The zero-order valence-electron chi connectivity index (χ0n) is 11.3. The maximum atomic E-state index is 12.0. The van der Waals surface area contributed by atoms with Crippen molar-refractivity contribution < 1.29 is 22.4 Å². The zero-order chi connectivity index (χ0) is 15.6. The first kappa shape index (κ1) is 15.0. The molecule has 0 spiro atoms. The number of anilines is 1. The van der Waals surface area contributed by atoms with E-state index in [1.807, 2.05) is 0 Å². The van der Waals surface area contributed by atoms with Gasteiger partial charge in [-0.05, 0) is 25.1 Å². The Morgan fingerprint density at radius 2 is 2.14 bits per heavy atom. The van der Waals surface area contributed by atoms with Crippen LogP contribution in [0.2, 0.25) is 0 Å². The molecule has 1 aromatic heterocycles. The molecule has 1 heterocycles. The summed E-state index contributed by atoms with van der Waals surface area (Å²) in [5, 5.41) is 7.60. The van der Waals surface area contributed by atoms with E-state index in [9.17, 15) is 13.2 Å². The fraction of sp³-hybridized carbons (Fsp3) is 0.167. The number of nitrogens with two attached hydrogens (primary N) is 1. The zero-order valence-corrected chi connectivity index (χ0v) is 12.1. The standard InChI is InChI=1S/C12H13N3O5S/c1-7-11(20-6-14-7)12(16)15-8-3-4-9(19-2)10(5-8)21(13,17)18/h3-6H,1-2H3,(H,15,16)(H2,13,17,18). The number of hydrogen-bond donors (Lipinski definition) is 2. The first-order valence-corrected chi connectivity index (χ1v) is 7.30. The van der Waals surface area contributed by atoms with Crippen molar-refractivity contribution in [3.05, 3.63) is 36.0 Å². The van der Waals surface area contributed by atoms with E-state index in [-0.39, 0.29) is 22.1 Å². The van der Waals surface area contributed by atoms with Crippen LogP contribution in [-0.4, -0.2) is 26.4 Å². The Morgan fingerprint density at radius 3 is 2.67 bits per heavy atom. The Bertz CT molecular complexity index is 782. The minimum atomic E-state index is -3.98. The number of benzene rings is 1. The highest BCUT2D eigenvalue weighted by Crippen LogP contribution is 2.26. The number of primary sulfonamides is 1. The number of carbonyl (C=O) groups is 1. The molecular weight excluding hydrogens is 298 g/mol. The molecule has 8 nitrogen and oxygen atoms in total. The van der Waals surface area contributed by atoms with Crippen LogP contribution in [0.4, 0.5) is 5.69 Å². The number of aromatic nitrogens is 1. The van der Waals surface area contributed by atoms with Gasteiger partial charge in [-0.25, -0.2) is 18.5 Å². The largest absolute Gasteiger partial charge is 0.495 e. The summed E-state index contributed by atoms with van der Waals surface area (Å²) in [7, 11) is -2.66. The molecular formula is C12H13N3O5S. The third-order valence-electron chi connectivity index (χ3n) is 2.68. The molecule has 2 aromatic rings. The predicted octanol–water partition coefficient (Wildman–Crippen LogP) is 0.891. The molecule has 21 heavy (non-hydrogen) atoms. The highest BCUT2D eigenvalue weighted by atomic mass is 32.2. The molecule has 0 bridgehead atoms. The van der Waals surface area contributed by atoms with Gasteiger partial charge >= 0.3 is 0 Å². The van der Waals surface area contributed by atoms with E-state index < -0.39 is 15.9 Å². The van der Waals surface area contributed by atoms with Crippen LogP contribution in [0.5, 0.6) is 5.75 Å². The van der Waals surface area contributed by atoms with E-state index in [2.05, 4.69) is 10.3 Å². The molecule has 0 aliphatic heterocycles. The molecule has 1 amide bonds. The van der Waals surface area contributed by atoms with Gasteiger partial charge in [-0.2, -0.15) is 0 Å². The van der Waals surface area contributed by atoms with Gasteiger partial charge in [0, 0.05) is 5.69 Å². The fourth-order valence-corrected chi connectivity index (χ4v) is 2.41. The van der Waals surface area contributed by atoms with Gasteiger partial charge in [0.1, 0.15) is 10.6 Å². The summed E-state index contributed by atoms with van der Waals surface area (Å²) in [6, 6.07) is 4.08. The summed E-state index contributed by atoms with van der Waals surface area (Å²) in [5.41, 5.74) is 0.660. The van der Waals surface area contributed by atoms with Gasteiger partial charge in [0.2, 0.25) is 15.8 Å².